The maximum atomic E-state index is 13.2. The van der Waals surface area contributed by atoms with Crippen molar-refractivity contribution in [3.8, 4) is 11.5 Å². The molecule has 0 saturated carbocycles. The molecular formula is C16H15BrClFO2. The van der Waals surface area contributed by atoms with Gasteiger partial charge in [0.05, 0.1) is 19.2 Å². The first kappa shape index (κ1) is 16.1. The summed E-state index contributed by atoms with van der Waals surface area (Å²) in [5.41, 5.74) is 2.01. The van der Waals surface area contributed by atoms with E-state index in [1.54, 1.807) is 26.4 Å². The minimum atomic E-state index is -0.411. The lowest BCUT2D eigenvalue weighted by Gasteiger charge is -2.13. The van der Waals surface area contributed by atoms with Crippen molar-refractivity contribution < 1.29 is 13.9 Å². The summed E-state index contributed by atoms with van der Waals surface area (Å²) in [6.07, 6.45) is 0.725. The van der Waals surface area contributed by atoms with Crippen molar-refractivity contribution in [2.75, 3.05) is 14.2 Å². The van der Waals surface area contributed by atoms with Crippen LogP contribution >= 0.6 is 27.5 Å². The van der Waals surface area contributed by atoms with Crippen LogP contribution in [-0.4, -0.2) is 14.2 Å². The topological polar surface area (TPSA) is 18.5 Å². The fourth-order valence-electron chi connectivity index (χ4n) is 2.04. The number of halogens is 3. The summed E-state index contributed by atoms with van der Waals surface area (Å²) >= 11 is 9.43. The van der Waals surface area contributed by atoms with E-state index in [9.17, 15) is 4.39 Å². The molecule has 0 amide bonds. The van der Waals surface area contributed by atoms with Gasteiger partial charge in [0.15, 0.2) is 11.5 Å². The van der Waals surface area contributed by atoms with Gasteiger partial charge in [-0.1, -0.05) is 39.7 Å². The van der Waals surface area contributed by atoms with E-state index in [0.717, 1.165) is 17.5 Å². The average Bonchev–Trinajstić information content (AvgIpc) is 2.49. The Bertz CT molecular complexity index is 634. The summed E-state index contributed by atoms with van der Waals surface area (Å²) in [6, 6.07) is 10.5. The number of hydrogen-bond donors (Lipinski definition) is 0. The van der Waals surface area contributed by atoms with E-state index in [1.807, 2.05) is 18.2 Å². The lowest BCUT2D eigenvalue weighted by atomic mass is 10.0. The summed E-state index contributed by atoms with van der Waals surface area (Å²) < 4.78 is 23.7. The van der Waals surface area contributed by atoms with Crippen molar-refractivity contribution in [3.63, 3.8) is 0 Å². The normalized spacial score (nSPS) is 12.0. The summed E-state index contributed by atoms with van der Waals surface area (Å²) in [6.45, 7) is 0. The van der Waals surface area contributed by atoms with Crippen LogP contribution in [0.1, 0.15) is 16.0 Å². The molecule has 1 unspecified atom stereocenters. The van der Waals surface area contributed by atoms with Gasteiger partial charge in [-0.15, -0.1) is 0 Å². The third-order valence-electron chi connectivity index (χ3n) is 3.17. The van der Waals surface area contributed by atoms with Gasteiger partial charge in [-0.25, -0.2) is 4.39 Å². The lowest BCUT2D eigenvalue weighted by Crippen LogP contribution is -1.98. The first-order valence-corrected chi connectivity index (χ1v) is 7.64. The molecule has 0 bridgehead atoms. The monoisotopic (exact) mass is 372 g/mol. The van der Waals surface area contributed by atoms with Crippen LogP contribution in [0.3, 0.4) is 0 Å². The van der Waals surface area contributed by atoms with Gasteiger partial charge in [-0.2, -0.15) is 0 Å². The van der Waals surface area contributed by atoms with Crippen molar-refractivity contribution in [2.45, 2.75) is 11.2 Å². The Balaban J connectivity index is 2.18. The molecule has 0 aliphatic carbocycles. The number of hydrogen-bond acceptors (Lipinski definition) is 2. The van der Waals surface area contributed by atoms with Crippen molar-refractivity contribution in [1.82, 2.24) is 0 Å². The Morgan fingerprint density at radius 1 is 1.10 bits per heavy atom. The molecule has 1 atom stereocenters. The molecule has 0 fully saturated rings. The SMILES string of the molecule is COc1ccc(CC(Br)c2ccc(F)c(Cl)c2)cc1OC. The van der Waals surface area contributed by atoms with Gasteiger partial charge in [0.2, 0.25) is 0 Å². The summed E-state index contributed by atoms with van der Waals surface area (Å²) in [7, 11) is 3.21. The Morgan fingerprint density at radius 2 is 1.81 bits per heavy atom. The van der Waals surface area contributed by atoms with Crippen molar-refractivity contribution in [2.24, 2.45) is 0 Å². The highest BCUT2D eigenvalue weighted by Gasteiger charge is 2.12. The van der Waals surface area contributed by atoms with Crippen LogP contribution in [0.2, 0.25) is 5.02 Å². The van der Waals surface area contributed by atoms with E-state index in [1.165, 1.54) is 6.07 Å². The maximum absolute atomic E-state index is 13.2. The van der Waals surface area contributed by atoms with Gasteiger partial charge in [0.1, 0.15) is 5.82 Å². The number of methoxy groups -OCH3 is 2. The van der Waals surface area contributed by atoms with E-state index in [-0.39, 0.29) is 9.85 Å². The van der Waals surface area contributed by atoms with Gasteiger partial charge in [-0.3, -0.25) is 0 Å². The van der Waals surface area contributed by atoms with E-state index in [0.29, 0.717) is 11.5 Å². The summed E-state index contributed by atoms with van der Waals surface area (Å²) in [4.78, 5) is 0.0358. The Morgan fingerprint density at radius 3 is 2.43 bits per heavy atom. The number of rotatable bonds is 5. The van der Waals surface area contributed by atoms with Gasteiger partial charge >= 0.3 is 0 Å². The van der Waals surface area contributed by atoms with Gasteiger partial charge in [-0.05, 0) is 41.8 Å². The van der Waals surface area contributed by atoms with E-state index >= 15 is 0 Å². The molecule has 5 heteroatoms. The van der Waals surface area contributed by atoms with Gasteiger partial charge in [0, 0.05) is 4.83 Å². The van der Waals surface area contributed by atoms with Crippen molar-refractivity contribution in [1.29, 1.82) is 0 Å². The third kappa shape index (κ3) is 3.89. The summed E-state index contributed by atoms with van der Waals surface area (Å²) in [5.74, 6) is 0.968. The molecule has 0 saturated heterocycles. The van der Waals surface area contributed by atoms with E-state index in [4.69, 9.17) is 21.1 Å². The molecular weight excluding hydrogens is 359 g/mol. The zero-order valence-corrected chi connectivity index (χ0v) is 14.0. The molecule has 0 aromatic heterocycles. The van der Waals surface area contributed by atoms with Gasteiger partial charge < -0.3 is 9.47 Å². The zero-order valence-electron chi connectivity index (χ0n) is 11.7. The highest BCUT2D eigenvalue weighted by Crippen LogP contribution is 2.33. The Hall–Kier alpha value is -1.26. The molecule has 2 aromatic carbocycles. The van der Waals surface area contributed by atoms with Crippen LogP contribution in [0.25, 0.3) is 0 Å². The highest BCUT2D eigenvalue weighted by molar-refractivity contribution is 9.09. The van der Waals surface area contributed by atoms with Crippen LogP contribution in [0.4, 0.5) is 4.39 Å². The fraction of sp³-hybridized carbons (Fsp3) is 0.250. The molecule has 0 spiro atoms. The molecule has 2 aromatic rings. The molecule has 21 heavy (non-hydrogen) atoms. The molecule has 112 valence electrons. The third-order valence-corrected chi connectivity index (χ3v) is 4.31. The minimum Gasteiger partial charge on any atom is -0.493 e. The molecule has 0 N–H and O–H groups in total. The van der Waals surface area contributed by atoms with Crippen LogP contribution in [0, 0.1) is 5.82 Å². The average molecular weight is 374 g/mol. The van der Waals surface area contributed by atoms with E-state index < -0.39 is 5.82 Å². The molecule has 0 aliphatic rings. The van der Waals surface area contributed by atoms with Crippen LogP contribution < -0.4 is 9.47 Å². The highest BCUT2D eigenvalue weighted by atomic mass is 79.9. The van der Waals surface area contributed by atoms with Crippen LogP contribution in [0.15, 0.2) is 36.4 Å². The fourth-order valence-corrected chi connectivity index (χ4v) is 2.89. The number of benzene rings is 2. The second kappa shape index (κ2) is 7.14. The second-order valence-corrected chi connectivity index (χ2v) is 6.05. The standard InChI is InChI=1S/C16H15BrClFO2/c1-20-15-6-3-10(8-16(15)21-2)7-12(17)11-4-5-14(19)13(18)9-11/h3-6,8-9,12H,7H2,1-2H3. The number of alkyl halides is 1. The van der Waals surface area contributed by atoms with Crippen molar-refractivity contribution in [3.05, 3.63) is 58.4 Å². The molecule has 2 rings (SSSR count). The van der Waals surface area contributed by atoms with Crippen molar-refractivity contribution >= 4 is 27.5 Å². The van der Waals surface area contributed by atoms with Crippen LogP contribution in [-0.2, 0) is 6.42 Å². The Kier molecular flexibility index (Phi) is 5.48. The first-order chi connectivity index (χ1) is 10.0. The Labute approximate surface area is 137 Å². The predicted molar refractivity (Wildman–Crippen MR) is 86.3 cm³/mol. The molecule has 0 aliphatic heterocycles. The quantitative estimate of drug-likeness (QED) is 0.673. The lowest BCUT2D eigenvalue weighted by molar-refractivity contribution is 0.354. The van der Waals surface area contributed by atoms with Crippen LogP contribution in [0.5, 0.6) is 11.5 Å². The predicted octanol–water partition coefficient (Wildman–Crippen LogP) is 5.18. The molecule has 0 heterocycles. The molecule has 0 radical (unpaired) electrons. The maximum Gasteiger partial charge on any atom is 0.160 e. The van der Waals surface area contributed by atoms with Gasteiger partial charge in [0.25, 0.3) is 0 Å². The first-order valence-electron chi connectivity index (χ1n) is 6.35. The smallest absolute Gasteiger partial charge is 0.160 e. The zero-order chi connectivity index (χ0) is 15.4. The summed E-state index contributed by atoms with van der Waals surface area (Å²) in [5, 5.41) is 0.129. The largest absolute Gasteiger partial charge is 0.493 e. The van der Waals surface area contributed by atoms with E-state index in [2.05, 4.69) is 15.9 Å². The second-order valence-electron chi connectivity index (χ2n) is 4.53. The minimum absolute atomic E-state index is 0.0358. The number of ether oxygens (including phenoxy) is 2. The molecule has 2 nitrogen and oxygen atoms in total.